The predicted octanol–water partition coefficient (Wildman–Crippen LogP) is 2.40. The average molecular weight is 361 g/mol. The van der Waals surface area contributed by atoms with Crippen LogP contribution in [0.1, 0.15) is 34.9 Å². The minimum atomic E-state index is -0.185. The van der Waals surface area contributed by atoms with Gasteiger partial charge in [0.2, 0.25) is 0 Å². The van der Waals surface area contributed by atoms with Gasteiger partial charge < -0.3 is 9.72 Å². The largest absolute Gasteiger partial charge is 0.321 e. The first kappa shape index (κ1) is 16.0. The number of nitrogens with zero attached hydrogens (tertiary/aromatic N) is 6. The number of fused-ring (bicyclic) bond motifs is 2. The van der Waals surface area contributed by atoms with Crippen LogP contribution in [-0.2, 0) is 0 Å². The molecule has 8 heteroatoms. The van der Waals surface area contributed by atoms with Crippen LogP contribution in [-0.4, -0.2) is 48.4 Å². The summed E-state index contributed by atoms with van der Waals surface area (Å²) in [5.41, 5.74) is 3.86. The maximum absolute atomic E-state index is 12.6. The Hall–Kier alpha value is -3.26. The molecule has 0 saturated carbocycles. The van der Waals surface area contributed by atoms with Crippen LogP contribution < -0.4 is 5.32 Å². The van der Waals surface area contributed by atoms with Crippen LogP contribution in [0.4, 0.5) is 5.69 Å². The number of imidazole rings is 1. The maximum atomic E-state index is 12.6. The highest BCUT2D eigenvalue weighted by Gasteiger charge is 2.24. The summed E-state index contributed by atoms with van der Waals surface area (Å²) in [7, 11) is 2.14. The molecule has 1 N–H and O–H groups in total. The number of nitrogens with one attached hydrogen (secondary N) is 1. The second-order valence-corrected chi connectivity index (χ2v) is 6.95. The Morgan fingerprint density at radius 2 is 2.11 bits per heavy atom. The summed E-state index contributed by atoms with van der Waals surface area (Å²) in [6.45, 7) is 1.11. The van der Waals surface area contributed by atoms with Crippen molar-refractivity contribution in [3.8, 4) is 0 Å². The molecule has 136 valence electrons. The van der Waals surface area contributed by atoms with E-state index in [9.17, 15) is 4.79 Å². The smallest absolute Gasteiger partial charge is 0.255 e. The van der Waals surface area contributed by atoms with Gasteiger partial charge >= 0.3 is 0 Å². The first-order chi connectivity index (χ1) is 13.2. The number of rotatable bonds is 3. The molecule has 5 rings (SSSR count). The number of hydrogen-bond donors (Lipinski definition) is 1. The number of carbonyl (C=O) groups is 1. The number of anilines is 1. The summed E-state index contributed by atoms with van der Waals surface area (Å²) in [6, 6.07) is 7.63. The van der Waals surface area contributed by atoms with Crippen LogP contribution in [0.25, 0.3) is 11.3 Å². The minimum Gasteiger partial charge on any atom is -0.321 e. The van der Waals surface area contributed by atoms with Gasteiger partial charge in [-0.25, -0.2) is 4.98 Å². The molecule has 1 saturated heterocycles. The van der Waals surface area contributed by atoms with E-state index in [4.69, 9.17) is 4.98 Å². The molecule has 8 nitrogen and oxygen atoms in total. The van der Waals surface area contributed by atoms with Crippen LogP contribution >= 0.6 is 0 Å². The summed E-state index contributed by atoms with van der Waals surface area (Å²) in [6.07, 6.45) is 9.66. The van der Waals surface area contributed by atoms with E-state index in [-0.39, 0.29) is 5.91 Å². The van der Waals surface area contributed by atoms with Gasteiger partial charge in [-0.1, -0.05) is 0 Å². The molecule has 1 fully saturated rings. The van der Waals surface area contributed by atoms with Gasteiger partial charge in [0.15, 0.2) is 5.65 Å². The van der Waals surface area contributed by atoms with Crippen molar-refractivity contribution < 1.29 is 4.79 Å². The summed E-state index contributed by atoms with van der Waals surface area (Å²) in [4.78, 5) is 19.7. The fourth-order valence-electron chi connectivity index (χ4n) is 3.69. The summed E-state index contributed by atoms with van der Waals surface area (Å²) < 4.78 is 3.73. The third kappa shape index (κ3) is 2.83. The van der Waals surface area contributed by atoms with E-state index in [1.165, 1.54) is 6.42 Å². The molecule has 0 bridgehead atoms. The van der Waals surface area contributed by atoms with Crippen LogP contribution in [0, 0.1) is 0 Å². The molecule has 1 aliphatic heterocycles. The van der Waals surface area contributed by atoms with Gasteiger partial charge in [0.05, 0.1) is 17.4 Å². The van der Waals surface area contributed by atoms with Gasteiger partial charge in [-0.05, 0) is 50.7 Å². The molecule has 27 heavy (non-hydrogen) atoms. The molecule has 1 atom stereocenters. The zero-order valence-corrected chi connectivity index (χ0v) is 14.9. The van der Waals surface area contributed by atoms with Crippen molar-refractivity contribution in [2.45, 2.75) is 18.9 Å². The van der Waals surface area contributed by atoms with E-state index >= 15 is 0 Å². The summed E-state index contributed by atoms with van der Waals surface area (Å²) in [5, 5.41) is 10.7. The molecule has 5 heterocycles. The number of likely N-dealkylation sites (tertiary alicyclic amines) is 1. The monoisotopic (exact) mass is 361 g/mol. The van der Waals surface area contributed by atoms with Gasteiger partial charge in [0, 0.05) is 24.2 Å². The lowest BCUT2D eigenvalue weighted by atomic mass is 10.2. The van der Waals surface area contributed by atoms with Crippen molar-refractivity contribution in [2.75, 3.05) is 18.9 Å². The second kappa shape index (κ2) is 6.17. The topological polar surface area (TPSA) is 79.8 Å². The van der Waals surface area contributed by atoms with Gasteiger partial charge in [0.1, 0.15) is 12.0 Å². The number of amides is 1. The van der Waals surface area contributed by atoms with Crippen molar-refractivity contribution in [3.63, 3.8) is 0 Å². The lowest BCUT2D eigenvalue weighted by Gasteiger charge is -2.16. The first-order valence-corrected chi connectivity index (χ1v) is 8.97. The van der Waals surface area contributed by atoms with Crippen molar-refractivity contribution >= 4 is 22.9 Å². The van der Waals surface area contributed by atoms with Gasteiger partial charge in [-0.3, -0.25) is 14.1 Å². The van der Waals surface area contributed by atoms with E-state index in [2.05, 4.69) is 33.7 Å². The normalized spacial score (nSPS) is 17.7. The SMILES string of the molecule is CN1CCCC1c1cn2cc(NC(=O)c3ccn4cnnc4c3)ccc2n1. The second-order valence-electron chi connectivity index (χ2n) is 6.95. The highest BCUT2D eigenvalue weighted by atomic mass is 16.1. The molecule has 0 aliphatic carbocycles. The molecule has 4 aromatic heterocycles. The zero-order chi connectivity index (χ0) is 18.4. The number of aromatic nitrogens is 5. The minimum absolute atomic E-state index is 0.185. The van der Waals surface area contributed by atoms with Crippen molar-refractivity contribution in [2.24, 2.45) is 0 Å². The van der Waals surface area contributed by atoms with Crippen molar-refractivity contribution in [1.29, 1.82) is 0 Å². The van der Waals surface area contributed by atoms with Crippen molar-refractivity contribution in [3.05, 3.63) is 60.4 Å². The highest BCUT2D eigenvalue weighted by Crippen LogP contribution is 2.30. The quantitative estimate of drug-likeness (QED) is 0.606. The van der Waals surface area contributed by atoms with Crippen LogP contribution in [0.2, 0.25) is 0 Å². The molecule has 0 spiro atoms. The van der Waals surface area contributed by atoms with Gasteiger partial charge in [-0.15, -0.1) is 10.2 Å². The van der Waals surface area contributed by atoms with E-state index in [0.717, 1.165) is 30.0 Å². The lowest BCUT2D eigenvalue weighted by molar-refractivity contribution is 0.102. The molecule has 1 aliphatic rings. The molecule has 4 aromatic rings. The molecule has 0 radical (unpaired) electrons. The number of carbonyl (C=O) groups excluding carboxylic acids is 1. The Morgan fingerprint density at radius 3 is 2.96 bits per heavy atom. The predicted molar refractivity (Wildman–Crippen MR) is 101 cm³/mol. The summed E-state index contributed by atoms with van der Waals surface area (Å²) in [5.74, 6) is -0.185. The zero-order valence-electron chi connectivity index (χ0n) is 14.9. The molecular weight excluding hydrogens is 342 g/mol. The standard InChI is InChI=1S/C19H19N7O/c1-24-7-2-3-16(24)15-11-26-10-14(4-5-17(26)22-15)21-19(27)13-6-8-25-12-20-23-18(25)9-13/h4-6,8-12,16H,2-3,7H2,1H3,(H,21,27). The van der Waals surface area contributed by atoms with Crippen LogP contribution in [0.3, 0.4) is 0 Å². The fraction of sp³-hybridized carbons (Fsp3) is 0.263. The van der Waals surface area contributed by atoms with Crippen LogP contribution in [0.15, 0.2) is 49.2 Å². The average Bonchev–Trinajstić information content (AvgIpc) is 3.39. The van der Waals surface area contributed by atoms with Gasteiger partial charge in [-0.2, -0.15) is 0 Å². The van der Waals surface area contributed by atoms with E-state index < -0.39 is 0 Å². The number of pyridine rings is 2. The molecular formula is C19H19N7O. The van der Waals surface area contributed by atoms with E-state index in [0.29, 0.717) is 17.3 Å². The number of hydrogen-bond acceptors (Lipinski definition) is 5. The molecule has 0 aromatic carbocycles. The van der Waals surface area contributed by atoms with Crippen LogP contribution in [0.5, 0.6) is 0 Å². The highest BCUT2D eigenvalue weighted by molar-refractivity contribution is 6.04. The Morgan fingerprint density at radius 1 is 1.19 bits per heavy atom. The third-order valence-electron chi connectivity index (χ3n) is 5.15. The Kier molecular flexibility index (Phi) is 3.64. The molecule has 1 amide bonds. The fourth-order valence-corrected chi connectivity index (χ4v) is 3.69. The third-order valence-corrected chi connectivity index (χ3v) is 5.15. The maximum Gasteiger partial charge on any atom is 0.255 e. The molecule has 1 unspecified atom stereocenters. The summed E-state index contributed by atoms with van der Waals surface area (Å²) >= 11 is 0. The van der Waals surface area contributed by atoms with Crippen molar-refractivity contribution in [1.82, 2.24) is 28.9 Å². The van der Waals surface area contributed by atoms with Gasteiger partial charge in [0.25, 0.3) is 5.91 Å². The first-order valence-electron chi connectivity index (χ1n) is 8.97. The Labute approximate surface area is 155 Å². The Balaban J connectivity index is 1.40. The van der Waals surface area contributed by atoms with E-state index in [1.54, 1.807) is 29.1 Å². The Bertz CT molecular complexity index is 1150. The lowest BCUT2D eigenvalue weighted by Crippen LogP contribution is -2.17. The van der Waals surface area contributed by atoms with E-state index in [1.807, 2.05) is 22.7 Å².